The molecule has 0 aromatic heterocycles. The summed E-state index contributed by atoms with van der Waals surface area (Å²) in [6.45, 7) is 4.29. The average Bonchev–Trinajstić information content (AvgIpc) is 3.19. The predicted octanol–water partition coefficient (Wildman–Crippen LogP) is 2.29. The molecule has 2 fully saturated rings. The lowest BCUT2D eigenvalue weighted by atomic mass is 10.2. The number of carboxylic acid groups (broad SMARTS) is 1. The number of anilines is 1. The highest BCUT2D eigenvalue weighted by Gasteiger charge is 2.58. The summed E-state index contributed by atoms with van der Waals surface area (Å²) in [5, 5.41) is 12.4. The van der Waals surface area contributed by atoms with Crippen molar-refractivity contribution in [2.24, 2.45) is 11.8 Å². The molecular weight excluding hydrogens is 418 g/mol. The van der Waals surface area contributed by atoms with Crippen LogP contribution in [0.5, 0.6) is 0 Å². The van der Waals surface area contributed by atoms with Gasteiger partial charge in [-0.1, -0.05) is 36.9 Å². The fourth-order valence-corrected chi connectivity index (χ4v) is 5.62. The monoisotopic (exact) mass is 441 g/mol. The molecule has 0 spiro atoms. The van der Waals surface area contributed by atoms with E-state index in [4.69, 9.17) is 0 Å². The van der Waals surface area contributed by atoms with Gasteiger partial charge in [-0.15, -0.1) is 0 Å². The smallest absolute Gasteiger partial charge is 0.412 e. The first kappa shape index (κ1) is 21.1. The Hall–Kier alpha value is -3.17. The van der Waals surface area contributed by atoms with E-state index in [1.807, 2.05) is 30.3 Å². The number of hydrogen-bond donors (Lipinski definition) is 2. The highest BCUT2D eigenvalue weighted by molar-refractivity contribution is 7.89. The maximum Gasteiger partial charge on any atom is 0.412 e. The number of nitrogens with zero attached hydrogens (tertiary/aromatic N) is 2. The first-order valence-electron chi connectivity index (χ1n) is 9.89. The zero-order valence-corrected chi connectivity index (χ0v) is 17.5. The number of benzene rings is 2. The van der Waals surface area contributed by atoms with Gasteiger partial charge in [-0.2, -0.15) is 4.31 Å². The van der Waals surface area contributed by atoms with Crippen molar-refractivity contribution in [2.45, 2.75) is 17.5 Å². The van der Waals surface area contributed by atoms with E-state index in [2.05, 4.69) is 11.9 Å². The van der Waals surface area contributed by atoms with Gasteiger partial charge in [0, 0.05) is 24.8 Å². The van der Waals surface area contributed by atoms with Crippen LogP contribution in [-0.4, -0.2) is 49.0 Å². The molecule has 2 atom stereocenters. The molecule has 0 bridgehead atoms. The number of piperidine rings is 1. The summed E-state index contributed by atoms with van der Waals surface area (Å²) >= 11 is 0. The molecule has 2 amide bonds. The maximum atomic E-state index is 13.0. The van der Waals surface area contributed by atoms with Gasteiger partial charge in [-0.3, -0.25) is 9.69 Å². The van der Waals surface area contributed by atoms with Crippen LogP contribution in [0.2, 0.25) is 0 Å². The lowest BCUT2D eigenvalue weighted by Crippen LogP contribution is -2.37. The number of nitrogens with one attached hydrogen (secondary N) is 1. The third kappa shape index (κ3) is 4.19. The fraction of sp³-hybridized carbons (Fsp3) is 0.273. The quantitative estimate of drug-likeness (QED) is 0.641. The number of hydrogen-bond acceptors (Lipinski definition) is 4. The molecule has 2 aromatic rings. The molecule has 4 rings (SSSR count). The molecule has 1 aliphatic carbocycles. The second kappa shape index (κ2) is 8.16. The van der Waals surface area contributed by atoms with E-state index in [1.54, 1.807) is 0 Å². The molecule has 1 heterocycles. The standard InChI is InChI=1S/C22H23N3O5S/c1-2-20(26)23-21-18-13-24(14-19(18)21)31(29,30)17-10-8-16(9-11-17)25(22(27)28)12-15-6-4-3-5-7-15/h2-11,18-19,21H,1,12-14H2,(H,23,26)(H,27,28). The van der Waals surface area contributed by atoms with Crippen LogP contribution in [-0.2, 0) is 21.4 Å². The van der Waals surface area contributed by atoms with E-state index in [0.717, 1.165) is 5.56 Å². The van der Waals surface area contributed by atoms with Crippen molar-refractivity contribution < 1.29 is 23.1 Å². The van der Waals surface area contributed by atoms with Gasteiger partial charge >= 0.3 is 6.09 Å². The highest BCUT2D eigenvalue weighted by atomic mass is 32.2. The summed E-state index contributed by atoms with van der Waals surface area (Å²) in [5.74, 6) is -0.0134. The Morgan fingerprint density at radius 1 is 1.10 bits per heavy atom. The van der Waals surface area contributed by atoms with Gasteiger partial charge in [0.2, 0.25) is 15.9 Å². The van der Waals surface area contributed by atoms with E-state index in [0.29, 0.717) is 18.8 Å². The number of carbonyl (C=O) groups is 2. The first-order chi connectivity index (χ1) is 14.8. The molecule has 31 heavy (non-hydrogen) atoms. The minimum absolute atomic E-state index is 0.00133. The zero-order chi connectivity index (χ0) is 22.2. The Morgan fingerprint density at radius 2 is 1.71 bits per heavy atom. The lowest BCUT2D eigenvalue weighted by molar-refractivity contribution is -0.116. The summed E-state index contributed by atoms with van der Waals surface area (Å²) < 4.78 is 27.4. The largest absolute Gasteiger partial charge is 0.465 e. The number of sulfonamides is 1. The van der Waals surface area contributed by atoms with Crippen LogP contribution in [0.3, 0.4) is 0 Å². The second-order valence-corrected chi connectivity index (χ2v) is 9.67. The second-order valence-electron chi connectivity index (χ2n) is 7.74. The molecule has 2 N–H and O–H groups in total. The van der Waals surface area contributed by atoms with Crippen LogP contribution >= 0.6 is 0 Å². The van der Waals surface area contributed by atoms with E-state index in [9.17, 15) is 23.1 Å². The van der Waals surface area contributed by atoms with Gasteiger partial charge in [-0.25, -0.2) is 13.2 Å². The molecule has 1 saturated carbocycles. The van der Waals surface area contributed by atoms with Crippen LogP contribution in [0.1, 0.15) is 5.56 Å². The van der Waals surface area contributed by atoms with Gasteiger partial charge in [0.25, 0.3) is 0 Å². The Kier molecular flexibility index (Phi) is 5.55. The van der Waals surface area contributed by atoms with Gasteiger partial charge in [-0.05, 0) is 47.7 Å². The summed E-state index contributed by atoms with van der Waals surface area (Å²) in [6, 6.07) is 15.1. The van der Waals surface area contributed by atoms with Gasteiger partial charge in [0.1, 0.15) is 0 Å². The Balaban J connectivity index is 1.44. The number of carbonyl (C=O) groups excluding carboxylic acids is 1. The Morgan fingerprint density at radius 3 is 2.26 bits per heavy atom. The highest BCUT2D eigenvalue weighted by Crippen LogP contribution is 2.47. The number of fused-ring (bicyclic) bond motifs is 1. The molecular formula is C22H23N3O5S. The van der Waals surface area contributed by atoms with Gasteiger partial charge < -0.3 is 10.4 Å². The molecule has 2 aliphatic rings. The maximum absolute atomic E-state index is 13.0. The zero-order valence-electron chi connectivity index (χ0n) is 16.7. The summed E-state index contributed by atoms with van der Waals surface area (Å²) in [4.78, 5) is 24.5. The minimum Gasteiger partial charge on any atom is -0.465 e. The first-order valence-corrected chi connectivity index (χ1v) is 11.3. The Bertz CT molecular complexity index is 1090. The van der Waals surface area contributed by atoms with Crippen LogP contribution in [0.15, 0.2) is 72.1 Å². The van der Waals surface area contributed by atoms with Crippen LogP contribution in [0, 0.1) is 11.8 Å². The van der Waals surface area contributed by atoms with E-state index in [-0.39, 0.29) is 35.2 Å². The van der Waals surface area contributed by atoms with Gasteiger partial charge in [0.15, 0.2) is 0 Å². The van der Waals surface area contributed by atoms with Gasteiger partial charge in [0.05, 0.1) is 11.4 Å². The Labute approximate surface area is 180 Å². The van der Waals surface area contributed by atoms with Crippen molar-refractivity contribution in [3.63, 3.8) is 0 Å². The topological polar surface area (TPSA) is 107 Å². The predicted molar refractivity (Wildman–Crippen MR) is 115 cm³/mol. The normalized spacial score (nSPS) is 22.4. The fourth-order valence-electron chi connectivity index (χ4n) is 4.10. The van der Waals surface area contributed by atoms with Crippen LogP contribution < -0.4 is 10.2 Å². The molecule has 9 heteroatoms. The SMILES string of the molecule is C=CC(=O)NC1C2CN(S(=O)(=O)c3ccc(N(Cc4ccccc4)C(=O)O)cc3)CC21. The molecule has 0 radical (unpaired) electrons. The summed E-state index contributed by atoms with van der Waals surface area (Å²) in [7, 11) is -3.69. The van der Waals surface area contributed by atoms with Crippen LogP contribution in [0.25, 0.3) is 0 Å². The molecule has 2 unspecified atom stereocenters. The lowest BCUT2D eigenvalue weighted by Gasteiger charge is -2.22. The third-order valence-electron chi connectivity index (χ3n) is 5.86. The molecule has 162 valence electrons. The van der Waals surface area contributed by atoms with Crippen LogP contribution in [0.4, 0.5) is 10.5 Å². The molecule has 8 nitrogen and oxygen atoms in total. The van der Waals surface area contributed by atoms with E-state index < -0.39 is 16.1 Å². The number of amides is 2. The third-order valence-corrected chi connectivity index (χ3v) is 7.70. The minimum atomic E-state index is -3.69. The van der Waals surface area contributed by atoms with E-state index >= 15 is 0 Å². The molecule has 2 aromatic carbocycles. The molecule has 1 aliphatic heterocycles. The van der Waals surface area contributed by atoms with Crippen molar-refractivity contribution in [1.82, 2.24) is 9.62 Å². The summed E-state index contributed by atoms with van der Waals surface area (Å²) in [5.41, 5.74) is 1.22. The number of rotatable bonds is 7. The van der Waals surface area contributed by atoms with Crippen molar-refractivity contribution in [2.75, 3.05) is 18.0 Å². The molecule has 1 saturated heterocycles. The average molecular weight is 442 g/mol. The van der Waals surface area contributed by atoms with Crippen molar-refractivity contribution in [3.8, 4) is 0 Å². The van der Waals surface area contributed by atoms with E-state index in [1.165, 1.54) is 39.5 Å². The van der Waals surface area contributed by atoms with Crippen molar-refractivity contribution in [1.29, 1.82) is 0 Å². The summed E-state index contributed by atoms with van der Waals surface area (Å²) in [6.07, 6.45) is 0.0918. The van der Waals surface area contributed by atoms with Crippen molar-refractivity contribution in [3.05, 3.63) is 72.8 Å². The van der Waals surface area contributed by atoms with Crippen molar-refractivity contribution >= 4 is 27.7 Å².